The molecule has 0 spiro atoms. The van der Waals surface area contributed by atoms with Crippen molar-refractivity contribution in [3.63, 3.8) is 0 Å². The zero-order chi connectivity index (χ0) is 39.3. The molecule has 13 heteroatoms. The summed E-state index contributed by atoms with van der Waals surface area (Å²) in [6.07, 6.45) is -4.67. The van der Waals surface area contributed by atoms with E-state index in [1.807, 2.05) is 60.5 Å². The molecule has 0 aromatic carbocycles. The molecule has 2 saturated carbocycles. The van der Waals surface area contributed by atoms with Crippen molar-refractivity contribution < 1.29 is 54.0 Å². The summed E-state index contributed by atoms with van der Waals surface area (Å²) in [5, 5.41) is 62.4. The fraction of sp³-hybridized carbons (Fsp3) is 0.974. The zero-order valence-corrected chi connectivity index (χ0v) is 34.0. The van der Waals surface area contributed by atoms with Crippen molar-refractivity contribution in [3.05, 3.63) is 0 Å². The van der Waals surface area contributed by atoms with E-state index in [4.69, 9.17) is 23.7 Å². The average Bonchev–Trinajstić information content (AvgIpc) is 3.08. The minimum Gasteiger partial charge on any atom is -0.459 e. The zero-order valence-electron chi connectivity index (χ0n) is 34.0. The Balaban J connectivity index is 1.84. The molecular formula is C39H72N2O11. The van der Waals surface area contributed by atoms with Crippen LogP contribution in [0.4, 0.5) is 0 Å². The first kappa shape index (κ1) is 43.8. The van der Waals surface area contributed by atoms with Gasteiger partial charge in [0.05, 0.1) is 47.1 Å². The summed E-state index contributed by atoms with van der Waals surface area (Å²) in [4.78, 5) is 16.7. The summed E-state index contributed by atoms with van der Waals surface area (Å²) < 4.78 is 32.2. The molecule has 2 saturated heterocycles. The van der Waals surface area contributed by atoms with Gasteiger partial charge in [0.15, 0.2) is 6.29 Å². The largest absolute Gasteiger partial charge is 0.459 e. The normalized spacial score (nSPS) is 52.4. The van der Waals surface area contributed by atoms with Gasteiger partial charge in [0.2, 0.25) is 0 Å². The standard InChI is InChI=1S/C39H72N2O11/c1-14-27-37(9,45)32(43)24(7)40-19-20(3)29-28(34(44)51-27)31(50-25-16-21(4)39(47,15-2)36(8,18-25)48-13)23(6)33(38(29,10)46)52-35-30(42)26(41(11)12)17-22(5)49-35/h20-33,35,40,42-43,45-47H,14-19H2,1-13H3/t20-,21+,22+,23-,24?,25+,26-,27+,28?,29?,30+,31-,32+,33+,35-,36?,37+,38+,39?/m0/s1. The monoisotopic (exact) mass is 745 g/mol. The molecule has 4 fully saturated rings. The van der Waals surface area contributed by atoms with Crippen molar-refractivity contribution in [1.29, 1.82) is 0 Å². The van der Waals surface area contributed by atoms with E-state index in [9.17, 15) is 30.3 Å². The van der Waals surface area contributed by atoms with Crippen LogP contribution < -0.4 is 5.32 Å². The summed E-state index contributed by atoms with van der Waals surface area (Å²) in [6, 6.07) is -0.816. The van der Waals surface area contributed by atoms with Crippen molar-refractivity contribution in [2.24, 2.45) is 29.6 Å². The van der Waals surface area contributed by atoms with Crippen LogP contribution in [0.15, 0.2) is 0 Å². The van der Waals surface area contributed by atoms with Crippen LogP contribution >= 0.6 is 0 Å². The van der Waals surface area contributed by atoms with E-state index >= 15 is 0 Å². The van der Waals surface area contributed by atoms with E-state index in [1.165, 1.54) is 6.92 Å². The van der Waals surface area contributed by atoms with Crippen LogP contribution in [-0.2, 0) is 28.5 Å². The number of esters is 1. The van der Waals surface area contributed by atoms with Crippen LogP contribution in [0.1, 0.15) is 101 Å². The molecule has 0 amide bonds. The molecule has 0 radical (unpaired) electrons. The number of fused-ring (bicyclic) bond motifs is 1. The number of methoxy groups -OCH3 is 1. The van der Waals surface area contributed by atoms with Gasteiger partial charge in [-0.05, 0) is 92.8 Å². The van der Waals surface area contributed by atoms with Gasteiger partial charge in [0.1, 0.15) is 23.9 Å². The molecule has 0 aromatic heterocycles. The number of rotatable bonds is 8. The number of carbonyl (C=O) groups is 1. The predicted octanol–water partition coefficient (Wildman–Crippen LogP) is 2.22. The summed E-state index contributed by atoms with van der Waals surface area (Å²) in [6.45, 7) is 18.6. The van der Waals surface area contributed by atoms with Crippen LogP contribution in [0.3, 0.4) is 0 Å². The predicted molar refractivity (Wildman–Crippen MR) is 195 cm³/mol. The molecular weight excluding hydrogens is 672 g/mol. The number of ether oxygens (including phenoxy) is 5. The third-order valence-electron chi connectivity index (χ3n) is 13.8. The number of hydrogen-bond donors (Lipinski definition) is 6. The van der Waals surface area contributed by atoms with Crippen LogP contribution in [0, 0.1) is 29.6 Å². The van der Waals surface area contributed by atoms with Gasteiger partial charge in [-0.2, -0.15) is 0 Å². The third kappa shape index (κ3) is 7.85. The van der Waals surface area contributed by atoms with Crippen LogP contribution in [0.5, 0.6) is 0 Å². The summed E-state index contributed by atoms with van der Waals surface area (Å²) in [7, 11) is 5.39. The van der Waals surface area contributed by atoms with Crippen molar-refractivity contribution in [2.75, 3.05) is 27.7 Å². The molecule has 13 nitrogen and oxygen atoms in total. The lowest BCUT2D eigenvalue weighted by atomic mass is 9.58. The Labute approximate surface area is 312 Å². The van der Waals surface area contributed by atoms with Gasteiger partial charge in [-0.3, -0.25) is 4.79 Å². The molecule has 52 heavy (non-hydrogen) atoms. The quantitative estimate of drug-likeness (QED) is 0.200. The lowest BCUT2D eigenvalue weighted by Gasteiger charge is -2.58. The maximum absolute atomic E-state index is 14.8. The summed E-state index contributed by atoms with van der Waals surface area (Å²) in [5.41, 5.74) is -5.48. The van der Waals surface area contributed by atoms with Gasteiger partial charge in [0.25, 0.3) is 0 Å². The fourth-order valence-electron chi connectivity index (χ4n) is 10.5. The van der Waals surface area contributed by atoms with E-state index in [0.29, 0.717) is 25.7 Å². The Morgan fingerprint density at radius 1 is 0.962 bits per heavy atom. The first-order chi connectivity index (χ1) is 24.0. The maximum Gasteiger partial charge on any atom is 0.312 e. The number of cyclic esters (lactones) is 1. The van der Waals surface area contributed by atoms with Gasteiger partial charge < -0.3 is 59.4 Å². The van der Waals surface area contributed by atoms with Gasteiger partial charge >= 0.3 is 5.97 Å². The molecule has 6 N–H and O–H groups in total. The minimum absolute atomic E-state index is 0.202. The van der Waals surface area contributed by atoms with Crippen LogP contribution in [0.2, 0.25) is 0 Å². The lowest BCUT2D eigenvalue weighted by molar-refractivity contribution is -0.325. The highest BCUT2D eigenvalue weighted by atomic mass is 16.7. The Hall–Kier alpha value is -0.970. The molecule has 4 rings (SSSR count). The topological polar surface area (TPSA) is 180 Å². The smallest absolute Gasteiger partial charge is 0.312 e. The van der Waals surface area contributed by atoms with E-state index in [2.05, 4.69) is 5.32 Å². The Morgan fingerprint density at radius 2 is 1.60 bits per heavy atom. The third-order valence-corrected chi connectivity index (χ3v) is 13.8. The van der Waals surface area contributed by atoms with Crippen molar-refractivity contribution in [1.82, 2.24) is 10.2 Å². The first-order valence-corrected chi connectivity index (χ1v) is 19.7. The van der Waals surface area contributed by atoms with E-state index in [1.54, 1.807) is 27.9 Å². The number of likely N-dealkylation sites (N-methyl/N-ethyl adjacent to an activating group) is 1. The van der Waals surface area contributed by atoms with Crippen LogP contribution in [0.25, 0.3) is 0 Å². The van der Waals surface area contributed by atoms with Crippen molar-refractivity contribution in [2.45, 2.75) is 185 Å². The second-order valence-corrected chi connectivity index (χ2v) is 17.7. The Bertz CT molecular complexity index is 1200. The van der Waals surface area contributed by atoms with E-state index in [-0.39, 0.29) is 36.9 Å². The Kier molecular flexibility index (Phi) is 13.7. The minimum atomic E-state index is -1.78. The van der Waals surface area contributed by atoms with Crippen molar-refractivity contribution in [3.8, 4) is 0 Å². The molecule has 2 aliphatic carbocycles. The molecule has 4 aliphatic rings. The number of nitrogens with zero attached hydrogens (tertiary/aromatic N) is 1. The molecule has 19 atom stereocenters. The van der Waals surface area contributed by atoms with Gasteiger partial charge in [-0.1, -0.05) is 34.6 Å². The maximum atomic E-state index is 14.8. The molecule has 304 valence electrons. The Morgan fingerprint density at radius 3 is 2.15 bits per heavy atom. The molecule has 5 unspecified atom stereocenters. The molecule has 0 aromatic rings. The molecule has 2 heterocycles. The van der Waals surface area contributed by atoms with Crippen molar-refractivity contribution >= 4 is 5.97 Å². The average molecular weight is 745 g/mol. The SMILES string of the molecule is CC[C@H]1OC(=O)C2C([C@@H](C)CNC(C)[C@@H](O)[C@]1(C)O)[C@@](C)(O)[C@H](O[C@@H]1O[C@H](C)C[C@H](N(C)C)[C@H]1O)[C@@H](C)[C@@H]2O[C@@H]1C[C@@H](C)C(O)(CC)C(C)(OC)C1. The first-order valence-electron chi connectivity index (χ1n) is 19.7. The van der Waals surface area contributed by atoms with Gasteiger partial charge in [-0.25, -0.2) is 0 Å². The van der Waals surface area contributed by atoms with Crippen LogP contribution in [-0.4, -0.2) is 148 Å². The van der Waals surface area contributed by atoms with Gasteiger partial charge in [-0.15, -0.1) is 0 Å². The lowest BCUT2D eigenvalue weighted by Crippen LogP contribution is -2.69. The fourth-order valence-corrected chi connectivity index (χ4v) is 10.5. The summed E-state index contributed by atoms with van der Waals surface area (Å²) in [5.74, 6) is -3.67. The second kappa shape index (κ2) is 16.3. The number of aliphatic hydroxyl groups is 5. The van der Waals surface area contributed by atoms with Gasteiger partial charge in [0, 0.05) is 37.5 Å². The number of carbonyl (C=O) groups excluding carboxylic acids is 1. The summed E-state index contributed by atoms with van der Waals surface area (Å²) >= 11 is 0. The highest BCUT2D eigenvalue weighted by Crippen LogP contribution is 2.52. The number of nitrogens with one attached hydrogen (secondary N) is 1. The molecule has 2 aliphatic heterocycles. The number of aliphatic hydroxyl groups excluding tert-OH is 2. The number of hydrogen-bond acceptors (Lipinski definition) is 13. The highest BCUT2D eigenvalue weighted by Gasteiger charge is 2.63. The molecule has 0 bridgehead atoms. The van der Waals surface area contributed by atoms with E-state index in [0.717, 1.165) is 0 Å². The second-order valence-electron chi connectivity index (χ2n) is 17.7. The van der Waals surface area contributed by atoms with E-state index < -0.39 is 95.1 Å². The highest BCUT2D eigenvalue weighted by molar-refractivity contribution is 5.74.